The van der Waals surface area contributed by atoms with E-state index in [-0.39, 0.29) is 11.5 Å². The molecule has 0 aliphatic carbocycles. The number of sulfone groups is 1. The Morgan fingerprint density at radius 3 is 2.53 bits per heavy atom. The Morgan fingerprint density at radius 2 is 2.13 bits per heavy atom. The SMILES string of the molecule is CC(C)(N)CS(=O)(=O)Cc1cc(Br)cs1. The average Bonchev–Trinajstić information content (AvgIpc) is 2.27. The molecule has 0 saturated carbocycles. The molecule has 0 spiro atoms. The molecular weight excluding hydrogens is 298 g/mol. The first kappa shape index (κ1) is 13.2. The largest absolute Gasteiger partial charge is 0.325 e. The molecule has 1 heterocycles. The van der Waals surface area contributed by atoms with E-state index in [2.05, 4.69) is 15.9 Å². The van der Waals surface area contributed by atoms with E-state index in [1.54, 1.807) is 13.8 Å². The molecule has 0 amide bonds. The van der Waals surface area contributed by atoms with Crippen molar-refractivity contribution in [3.63, 3.8) is 0 Å². The molecule has 1 rings (SSSR count). The first-order valence-corrected chi connectivity index (χ1v) is 7.90. The summed E-state index contributed by atoms with van der Waals surface area (Å²) >= 11 is 4.73. The van der Waals surface area contributed by atoms with Gasteiger partial charge in [0.05, 0.1) is 11.5 Å². The third kappa shape index (κ3) is 5.10. The highest BCUT2D eigenvalue weighted by Gasteiger charge is 2.22. The molecule has 2 N–H and O–H groups in total. The summed E-state index contributed by atoms with van der Waals surface area (Å²) in [5.74, 6) is 0.0828. The number of thiophene rings is 1. The van der Waals surface area contributed by atoms with Gasteiger partial charge in [0.15, 0.2) is 9.84 Å². The van der Waals surface area contributed by atoms with Gasteiger partial charge in [-0.15, -0.1) is 11.3 Å². The highest BCUT2D eigenvalue weighted by Crippen LogP contribution is 2.22. The maximum Gasteiger partial charge on any atom is 0.157 e. The van der Waals surface area contributed by atoms with Gasteiger partial charge in [-0.2, -0.15) is 0 Å². The topological polar surface area (TPSA) is 60.2 Å². The molecule has 3 nitrogen and oxygen atoms in total. The standard InChI is InChI=1S/C9H14BrNO2S2/c1-9(2,11)6-15(12,13)5-8-3-7(10)4-14-8/h3-4H,5-6,11H2,1-2H3. The minimum absolute atomic E-state index is 0.00944. The molecule has 0 aliphatic heterocycles. The van der Waals surface area contributed by atoms with Crippen molar-refractivity contribution in [2.75, 3.05) is 5.75 Å². The molecule has 0 aromatic carbocycles. The van der Waals surface area contributed by atoms with Crippen molar-refractivity contribution in [2.24, 2.45) is 5.73 Å². The minimum Gasteiger partial charge on any atom is -0.325 e. The summed E-state index contributed by atoms with van der Waals surface area (Å²) in [6.45, 7) is 3.43. The van der Waals surface area contributed by atoms with Crippen molar-refractivity contribution in [1.82, 2.24) is 0 Å². The fourth-order valence-electron chi connectivity index (χ4n) is 1.26. The Balaban J connectivity index is 2.73. The molecular formula is C9H14BrNO2S2. The van der Waals surface area contributed by atoms with E-state index in [1.165, 1.54) is 11.3 Å². The lowest BCUT2D eigenvalue weighted by Crippen LogP contribution is -2.40. The fraction of sp³-hybridized carbons (Fsp3) is 0.556. The smallest absolute Gasteiger partial charge is 0.157 e. The second kappa shape index (κ2) is 4.53. The van der Waals surface area contributed by atoms with Crippen LogP contribution in [0.25, 0.3) is 0 Å². The minimum atomic E-state index is -3.11. The first-order valence-electron chi connectivity index (χ1n) is 4.40. The van der Waals surface area contributed by atoms with Crippen LogP contribution in [0.3, 0.4) is 0 Å². The zero-order chi connectivity index (χ0) is 11.7. The summed E-state index contributed by atoms with van der Waals surface area (Å²) in [6, 6.07) is 1.83. The molecule has 0 fully saturated rings. The highest BCUT2D eigenvalue weighted by atomic mass is 79.9. The highest BCUT2D eigenvalue weighted by molar-refractivity contribution is 9.10. The van der Waals surface area contributed by atoms with Gasteiger partial charge in [-0.25, -0.2) is 8.42 Å². The number of hydrogen-bond donors (Lipinski definition) is 1. The lowest BCUT2D eigenvalue weighted by atomic mass is 10.1. The van der Waals surface area contributed by atoms with Gasteiger partial charge in [-0.05, 0) is 35.8 Å². The van der Waals surface area contributed by atoms with Crippen molar-refractivity contribution in [3.8, 4) is 0 Å². The third-order valence-corrected chi connectivity index (χ3v) is 5.39. The van der Waals surface area contributed by atoms with Crippen LogP contribution in [0.4, 0.5) is 0 Å². The van der Waals surface area contributed by atoms with Crippen molar-refractivity contribution in [3.05, 3.63) is 20.8 Å². The Morgan fingerprint density at radius 1 is 1.53 bits per heavy atom. The third-order valence-electron chi connectivity index (χ3n) is 1.58. The van der Waals surface area contributed by atoms with Crippen LogP contribution in [0, 0.1) is 0 Å². The zero-order valence-electron chi connectivity index (χ0n) is 8.66. The normalized spacial score (nSPS) is 13.1. The van der Waals surface area contributed by atoms with Gasteiger partial charge >= 0.3 is 0 Å². The summed E-state index contributed by atoms with van der Waals surface area (Å²) in [5, 5.41) is 1.87. The lowest BCUT2D eigenvalue weighted by Gasteiger charge is -2.17. The number of nitrogens with two attached hydrogens (primary N) is 1. The summed E-state index contributed by atoms with van der Waals surface area (Å²) in [5.41, 5.74) is 5.02. The Hall–Kier alpha value is 0.0900. The van der Waals surface area contributed by atoms with Crippen LogP contribution in [-0.4, -0.2) is 19.7 Å². The van der Waals surface area contributed by atoms with Gasteiger partial charge in [0, 0.05) is 20.3 Å². The van der Waals surface area contributed by atoms with Gasteiger partial charge in [-0.3, -0.25) is 0 Å². The van der Waals surface area contributed by atoms with Crippen LogP contribution >= 0.6 is 27.3 Å². The Kier molecular flexibility index (Phi) is 3.97. The molecule has 0 radical (unpaired) electrons. The molecule has 0 saturated heterocycles. The molecule has 1 aromatic rings. The zero-order valence-corrected chi connectivity index (χ0v) is 11.9. The van der Waals surface area contributed by atoms with Crippen molar-refractivity contribution in [1.29, 1.82) is 0 Å². The predicted octanol–water partition coefficient (Wildman–Crippen LogP) is 2.16. The quantitative estimate of drug-likeness (QED) is 0.927. The maximum absolute atomic E-state index is 11.7. The van der Waals surface area contributed by atoms with E-state index in [9.17, 15) is 8.42 Å². The summed E-state index contributed by atoms with van der Waals surface area (Å²) < 4.78 is 24.4. The van der Waals surface area contributed by atoms with Gasteiger partial charge < -0.3 is 5.73 Å². The monoisotopic (exact) mass is 311 g/mol. The van der Waals surface area contributed by atoms with E-state index in [0.717, 1.165) is 9.35 Å². The molecule has 6 heteroatoms. The van der Waals surface area contributed by atoms with Crippen LogP contribution in [0.5, 0.6) is 0 Å². The molecule has 1 aromatic heterocycles. The number of hydrogen-bond acceptors (Lipinski definition) is 4. The van der Waals surface area contributed by atoms with Crippen molar-refractivity contribution < 1.29 is 8.42 Å². The van der Waals surface area contributed by atoms with Crippen LogP contribution in [0.15, 0.2) is 15.9 Å². The average molecular weight is 312 g/mol. The predicted molar refractivity (Wildman–Crippen MR) is 67.8 cm³/mol. The van der Waals surface area contributed by atoms with Crippen molar-refractivity contribution in [2.45, 2.75) is 25.1 Å². The van der Waals surface area contributed by atoms with E-state index in [4.69, 9.17) is 5.73 Å². The van der Waals surface area contributed by atoms with Gasteiger partial charge in [0.25, 0.3) is 0 Å². The maximum atomic E-state index is 11.7. The number of halogens is 1. The van der Waals surface area contributed by atoms with Crippen LogP contribution in [0.2, 0.25) is 0 Å². The Labute approximate surface area is 103 Å². The fourth-order valence-corrected chi connectivity index (χ4v) is 5.06. The van der Waals surface area contributed by atoms with E-state index < -0.39 is 15.4 Å². The van der Waals surface area contributed by atoms with E-state index >= 15 is 0 Å². The van der Waals surface area contributed by atoms with E-state index in [0.29, 0.717) is 0 Å². The van der Waals surface area contributed by atoms with Crippen LogP contribution < -0.4 is 5.73 Å². The molecule has 0 bridgehead atoms. The molecule has 15 heavy (non-hydrogen) atoms. The Bertz CT molecular complexity index is 431. The molecule has 0 aliphatic rings. The lowest BCUT2D eigenvalue weighted by molar-refractivity contribution is 0.544. The molecule has 86 valence electrons. The van der Waals surface area contributed by atoms with Crippen LogP contribution in [0.1, 0.15) is 18.7 Å². The number of rotatable bonds is 4. The first-order chi connectivity index (χ1) is 6.68. The molecule has 0 unspecified atom stereocenters. The summed E-state index contributed by atoms with van der Waals surface area (Å²) in [7, 11) is -3.11. The second-order valence-electron chi connectivity index (χ2n) is 4.25. The van der Waals surface area contributed by atoms with Gasteiger partial charge in [-0.1, -0.05) is 0 Å². The summed E-state index contributed by atoms with van der Waals surface area (Å²) in [6.07, 6.45) is 0. The molecule has 0 atom stereocenters. The van der Waals surface area contributed by atoms with Crippen LogP contribution in [-0.2, 0) is 15.6 Å². The summed E-state index contributed by atoms with van der Waals surface area (Å²) in [4.78, 5) is 0.839. The second-order valence-corrected chi connectivity index (χ2v) is 8.23. The van der Waals surface area contributed by atoms with Crippen molar-refractivity contribution >= 4 is 37.1 Å². The van der Waals surface area contributed by atoms with Gasteiger partial charge in [0.2, 0.25) is 0 Å². The van der Waals surface area contributed by atoms with E-state index in [1.807, 2.05) is 11.4 Å². The van der Waals surface area contributed by atoms with Gasteiger partial charge in [0.1, 0.15) is 0 Å².